The molecule has 22 heavy (non-hydrogen) atoms. The second-order valence-electron chi connectivity index (χ2n) is 5.67. The van der Waals surface area contributed by atoms with Crippen LogP contribution in [0.4, 0.5) is 0 Å². The molecule has 1 heterocycles. The molecule has 0 aliphatic carbocycles. The number of phenols is 1. The van der Waals surface area contributed by atoms with E-state index in [2.05, 4.69) is 15.9 Å². The van der Waals surface area contributed by atoms with Crippen LogP contribution in [0.25, 0.3) is 0 Å². The maximum Gasteiger partial charge on any atom is 0.253 e. The fourth-order valence-corrected chi connectivity index (χ4v) is 3.37. The third-order valence-corrected chi connectivity index (χ3v) is 4.71. The van der Waals surface area contributed by atoms with Gasteiger partial charge in [-0.3, -0.25) is 4.79 Å². The molecule has 0 spiro atoms. The van der Waals surface area contributed by atoms with Gasteiger partial charge in [-0.15, -0.1) is 0 Å². The van der Waals surface area contributed by atoms with Crippen LogP contribution in [0.1, 0.15) is 34.7 Å². The molecule has 0 saturated carbocycles. The van der Waals surface area contributed by atoms with Crippen LogP contribution in [-0.2, 0) is 0 Å². The van der Waals surface area contributed by atoms with E-state index in [0.717, 1.165) is 36.0 Å². The highest BCUT2D eigenvalue weighted by atomic mass is 79.9. The molecular formula is C18H18BrNO2. The number of phenolic OH excluding ortho intramolecular Hbond substituents is 1. The van der Waals surface area contributed by atoms with Crippen molar-refractivity contribution in [1.29, 1.82) is 0 Å². The van der Waals surface area contributed by atoms with Crippen molar-refractivity contribution in [3.8, 4) is 5.75 Å². The molecule has 0 bridgehead atoms. The lowest BCUT2D eigenvalue weighted by Gasteiger charge is -2.32. The van der Waals surface area contributed by atoms with Gasteiger partial charge in [0.1, 0.15) is 5.75 Å². The monoisotopic (exact) mass is 359 g/mol. The minimum absolute atomic E-state index is 0.102. The van der Waals surface area contributed by atoms with Gasteiger partial charge in [-0.2, -0.15) is 0 Å². The predicted molar refractivity (Wildman–Crippen MR) is 90.1 cm³/mol. The van der Waals surface area contributed by atoms with Gasteiger partial charge in [0.2, 0.25) is 0 Å². The summed E-state index contributed by atoms with van der Waals surface area (Å²) in [5, 5.41) is 9.36. The number of rotatable bonds is 2. The molecule has 0 unspecified atom stereocenters. The minimum atomic E-state index is 0.102. The van der Waals surface area contributed by atoms with Crippen molar-refractivity contribution >= 4 is 21.8 Å². The number of likely N-dealkylation sites (tertiary alicyclic amines) is 1. The van der Waals surface area contributed by atoms with Crippen LogP contribution in [0.15, 0.2) is 53.0 Å². The maximum absolute atomic E-state index is 12.5. The van der Waals surface area contributed by atoms with E-state index in [1.54, 1.807) is 12.1 Å². The van der Waals surface area contributed by atoms with Gasteiger partial charge in [-0.05, 0) is 54.7 Å². The van der Waals surface area contributed by atoms with Gasteiger partial charge < -0.3 is 10.0 Å². The molecule has 0 aromatic heterocycles. The van der Waals surface area contributed by atoms with Crippen LogP contribution in [-0.4, -0.2) is 29.0 Å². The number of hydrogen-bond acceptors (Lipinski definition) is 2. The van der Waals surface area contributed by atoms with Crippen molar-refractivity contribution in [3.05, 3.63) is 64.1 Å². The average Bonchev–Trinajstić information content (AvgIpc) is 2.55. The van der Waals surface area contributed by atoms with Crippen molar-refractivity contribution in [2.24, 2.45) is 0 Å². The molecule has 3 nitrogen and oxygen atoms in total. The number of carbonyl (C=O) groups is 1. The van der Waals surface area contributed by atoms with Gasteiger partial charge in [0.05, 0.1) is 0 Å². The number of hydrogen-bond donors (Lipinski definition) is 1. The SMILES string of the molecule is O=C(c1cccc(Br)c1)N1CCC(c2ccc(O)cc2)CC1. The van der Waals surface area contributed by atoms with Crippen molar-refractivity contribution in [3.63, 3.8) is 0 Å². The number of carbonyl (C=O) groups excluding carboxylic acids is 1. The van der Waals surface area contributed by atoms with Crippen molar-refractivity contribution in [2.45, 2.75) is 18.8 Å². The van der Waals surface area contributed by atoms with E-state index in [1.165, 1.54) is 5.56 Å². The summed E-state index contributed by atoms with van der Waals surface area (Å²) >= 11 is 3.41. The molecule has 0 atom stereocenters. The zero-order valence-corrected chi connectivity index (χ0v) is 13.8. The Hall–Kier alpha value is -1.81. The minimum Gasteiger partial charge on any atom is -0.508 e. The second kappa shape index (κ2) is 6.53. The summed E-state index contributed by atoms with van der Waals surface area (Å²) < 4.78 is 0.928. The Kier molecular flexibility index (Phi) is 4.48. The van der Waals surface area contributed by atoms with E-state index >= 15 is 0 Å². The van der Waals surface area contributed by atoms with Crippen LogP contribution < -0.4 is 0 Å². The summed E-state index contributed by atoms with van der Waals surface area (Å²) in [6.07, 6.45) is 1.93. The van der Waals surface area contributed by atoms with Crippen LogP contribution in [0.5, 0.6) is 5.75 Å². The van der Waals surface area contributed by atoms with Gasteiger partial charge in [0.25, 0.3) is 5.91 Å². The molecule has 3 rings (SSSR count). The number of amides is 1. The number of aromatic hydroxyl groups is 1. The molecular weight excluding hydrogens is 342 g/mol. The summed E-state index contributed by atoms with van der Waals surface area (Å²) in [7, 11) is 0. The Labute approximate surface area is 138 Å². The largest absolute Gasteiger partial charge is 0.508 e. The van der Waals surface area contributed by atoms with Gasteiger partial charge in [0.15, 0.2) is 0 Å². The summed E-state index contributed by atoms with van der Waals surface area (Å²) in [5.74, 6) is 0.864. The average molecular weight is 360 g/mol. The summed E-state index contributed by atoms with van der Waals surface area (Å²) in [6.45, 7) is 1.55. The van der Waals surface area contributed by atoms with E-state index in [4.69, 9.17) is 0 Å². The van der Waals surface area contributed by atoms with Gasteiger partial charge >= 0.3 is 0 Å². The lowest BCUT2D eigenvalue weighted by molar-refractivity contribution is 0.0713. The summed E-state index contributed by atoms with van der Waals surface area (Å²) in [6, 6.07) is 15.0. The van der Waals surface area contributed by atoms with Crippen LogP contribution >= 0.6 is 15.9 Å². The Morgan fingerprint density at radius 3 is 2.41 bits per heavy atom. The van der Waals surface area contributed by atoms with E-state index in [0.29, 0.717) is 11.7 Å². The van der Waals surface area contributed by atoms with Crippen molar-refractivity contribution < 1.29 is 9.90 Å². The molecule has 2 aromatic carbocycles. The van der Waals surface area contributed by atoms with Crippen molar-refractivity contribution in [2.75, 3.05) is 13.1 Å². The molecule has 4 heteroatoms. The third kappa shape index (κ3) is 3.33. The Balaban J connectivity index is 1.64. The first-order valence-electron chi connectivity index (χ1n) is 7.47. The van der Waals surface area contributed by atoms with E-state index in [9.17, 15) is 9.90 Å². The molecule has 0 radical (unpaired) electrons. The molecule has 114 valence electrons. The normalized spacial score (nSPS) is 15.8. The first-order valence-corrected chi connectivity index (χ1v) is 8.26. The van der Waals surface area contributed by atoms with Crippen molar-refractivity contribution in [1.82, 2.24) is 4.90 Å². The zero-order valence-electron chi connectivity index (χ0n) is 12.2. The molecule has 2 aromatic rings. The molecule has 1 saturated heterocycles. The molecule has 1 aliphatic rings. The van der Waals surface area contributed by atoms with Crippen LogP contribution in [0.2, 0.25) is 0 Å². The topological polar surface area (TPSA) is 40.5 Å². The molecule has 1 N–H and O–H groups in total. The number of halogens is 1. The first kappa shape index (κ1) is 15.1. The highest BCUT2D eigenvalue weighted by Crippen LogP contribution is 2.29. The first-order chi connectivity index (χ1) is 10.6. The number of piperidine rings is 1. The maximum atomic E-state index is 12.5. The quantitative estimate of drug-likeness (QED) is 0.873. The lowest BCUT2D eigenvalue weighted by Crippen LogP contribution is -2.37. The van der Waals surface area contributed by atoms with E-state index in [1.807, 2.05) is 41.3 Å². The smallest absolute Gasteiger partial charge is 0.253 e. The summed E-state index contributed by atoms with van der Waals surface area (Å²) in [5.41, 5.74) is 1.98. The second-order valence-corrected chi connectivity index (χ2v) is 6.58. The van der Waals surface area contributed by atoms with Gasteiger partial charge in [0, 0.05) is 23.1 Å². The molecule has 1 fully saturated rings. The predicted octanol–water partition coefficient (Wildman–Crippen LogP) is 4.17. The highest BCUT2D eigenvalue weighted by Gasteiger charge is 2.24. The summed E-state index contributed by atoms with van der Waals surface area (Å²) in [4.78, 5) is 14.4. The van der Waals surface area contributed by atoms with E-state index in [-0.39, 0.29) is 5.91 Å². The van der Waals surface area contributed by atoms with Gasteiger partial charge in [-0.25, -0.2) is 0 Å². The fourth-order valence-electron chi connectivity index (χ4n) is 2.97. The van der Waals surface area contributed by atoms with E-state index < -0.39 is 0 Å². The zero-order chi connectivity index (χ0) is 15.5. The number of benzene rings is 2. The Morgan fingerprint density at radius 2 is 1.77 bits per heavy atom. The highest BCUT2D eigenvalue weighted by molar-refractivity contribution is 9.10. The fraction of sp³-hybridized carbons (Fsp3) is 0.278. The number of nitrogens with zero attached hydrogens (tertiary/aromatic N) is 1. The molecule has 1 aliphatic heterocycles. The Morgan fingerprint density at radius 1 is 1.09 bits per heavy atom. The van der Waals surface area contributed by atoms with Gasteiger partial charge in [-0.1, -0.05) is 34.1 Å². The lowest BCUT2D eigenvalue weighted by atomic mass is 9.89. The van der Waals surface area contributed by atoms with Crippen LogP contribution in [0.3, 0.4) is 0 Å². The standard InChI is InChI=1S/C18H18BrNO2/c19-16-3-1-2-15(12-16)18(22)20-10-8-14(9-11-20)13-4-6-17(21)7-5-13/h1-7,12,14,21H,8-11H2. The van der Waals surface area contributed by atoms with Crippen LogP contribution in [0, 0.1) is 0 Å². The third-order valence-electron chi connectivity index (χ3n) is 4.22. The molecule has 1 amide bonds. The Bertz CT molecular complexity index is 661.